The van der Waals surface area contributed by atoms with E-state index in [9.17, 15) is 18.0 Å². The van der Waals surface area contributed by atoms with E-state index in [2.05, 4.69) is 15.6 Å². The summed E-state index contributed by atoms with van der Waals surface area (Å²) in [6, 6.07) is 7.97. The number of nitrogens with zero attached hydrogens (tertiary/aromatic N) is 2. The third kappa shape index (κ3) is 6.45. The average Bonchev–Trinajstić information content (AvgIpc) is 2.78. The van der Waals surface area contributed by atoms with Gasteiger partial charge in [-0.25, -0.2) is 13.2 Å². The maximum Gasteiger partial charge on any atom is 0.412 e. The number of hydrogen-bond acceptors (Lipinski definition) is 7. The molecule has 0 saturated carbocycles. The van der Waals surface area contributed by atoms with Crippen molar-refractivity contribution in [2.45, 2.75) is 44.1 Å². The first-order valence-corrected chi connectivity index (χ1v) is 12.3. The summed E-state index contributed by atoms with van der Waals surface area (Å²) in [6.45, 7) is 5.75. The summed E-state index contributed by atoms with van der Waals surface area (Å²) in [6.07, 6.45) is 2.98. The number of piperidine rings is 1. The first kappa shape index (κ1) is 25.4. The molecule has 0 bridgehead atoms. The van der Waals surface area contributed by atoms with Crippen molar-refractivity contribution in [2.75, 3.05) is 30.8 Å². The van der Waals surface area contributed by atoms with Crippen molar-refractivity contribution in [3.63, 3.8) is 0 Å². The van der Waals surface area contributed by atoms with E-state index in [4.69, 9.17) is 9.47 Å². The van der Waals surface area contributed by atoms with Crippen molar-refractivity contribution in [3.8, 4) is 5.75 Å². The zero-order chi connectivity index (χ0) is 24.9. The Morgan fingerprint density at radius 2 is 1.82 bits per heavy atom. The number of methoxy groups -OCH3 is 1. The fourth-order valence-electron chi connectivity index (χ4n) is 3.55. The molecule has 1 aliphatic heterocycles. The van der Waals surface area contributed by atoms with Crippen LogP contribution in [0.4, 0.5) is 16.2 Å². The van der Waals surface area contributed by atoms with Gasteiger partial charge >= 0.3 is 6.09 Å². The van der Waals surface area contributed by atoms with Crippen LogP contribution in [0.2, 0.25) is 0 Å². The minimum atomic E-state index is -3.63. The number of carbonyl (C=O) groups is 2. The molecule has 184 valence electrons. The summed E-state index contributed by atoms with van der Waals surface area (Å²) in [5.41, 5.74) is 0.164. The quantitative estimate of drug-likeness (QED) is 0.635. The van der Waals surface area contributed by atoms with Gasteiger partial charge in [0.1, 0.15) is 16.2 Å². The zero-order valence-corrected chi connectivity index (χ0v) is 20.5. The first-order valence-electron chi connectivity index (χ1n) is 10.9. The summed E-state index contributed by atoms with van der Waals surface area (Å²) in [5, 5.41) is 5.48. The zero-order valence-electron chi connectivity index (χ0n) is 19.7. The second-order valence-electron chi connectivity index (χ2n) is 8.90. The van der Waals surface area contributed by atoms with Gasteiger partial charge in [0.2, 0.25) is 15.9 Å². The van der Waals surface area contributed by atoms with Crippen LogP contribution >= 0.6 is 0 Å². The number of pyridine rings is 1. The van der Waals surface area contributed by atoms with Crippen molar-refractivity contribution in [3.05, 3.63) is 42.7 Å². The predicted octanol–water partition coefficient (Wildman–Crippen LogP) is 3.48. The Balaban J connectivity index is 1.62. The summed E-state index contributed by atoms with van der Waals surface area (Å²) in [4.78, 5) is 29.0. The Hall–Kier alpha value is -3.18. The van der Waals surface area contributed by atoms with Gasteiger partial charge in [-0.3, -0.25) is 15.1 Å². The molecule has 1 aromatic carbocycles. The Morgan fingerprint density at radius 3 is 2.41 bits per heavy atom. The van der Waals surface area contributed by atoms with Crippen LogP contribution in [0.25, 0.3) is 0 Å². The molecule has 0 unspecified atom stereocenters. The van der Waals surface area contributed by atoms with E-state index in [0.29, 0.717) is 30.0 Å². The lowest BCUT2D eigenvalue weighted by Crippen LogP contribution is -2.41. The molecule has 0 radical (unpaired) electrons. The van der Waals surface area contributed by atoms with E-state index >= 15 is 0 Å². The molecular formula is C23H30N4O6S. The maximum atomic E-state index is 12.8. The number of anilines is 2. The van der Waals surface area contributed by atoms with Crippen LogP contribution in [0.5, 0.6) is 5.75 Å². The maximum absolute atomic E-state index is 12.8. The number of nitrogens with one attached hydrogen (secondary N) is 2. The van der Waals surface area contributed by atoms with E-state index in [1.54, 1.807) is 45.0 Å². The van der Waals surface area contributed by atoms with Gasteiger partial charge in [-0.2, -0.15) is 4.31 Å². The van der Waals surface area contributed by atoms with E-state index in [0.717, 1.165) is 0 Å². The SMILES string of the molecule is COc1ccc(NC(=O)C2CCN(S(=O)(=O)c3cccnc3)CC2)cc1NC(=O)OC(C)(C)C. The Labute approximate surface area is 199 Å². The van der Waals surface area contributed by atoms with Crippen LogP contribution in [0.1, 0.15) is 33.6 Å². The molecule has 1 fully saturated rings. The highest BCUT2D eigenvalue weighted by molar-refractivity contribution is 7.89. The molecule has 2 heterocycles. The number of amides is 2. The van der Waals surface area contributed by atoms with Gasteiger partial charge in [0.15, 0.2) is 0 Å². The van der Waals surface area contributed by atoms with Gasteiger partial charge < -0.3 is 14.8 Å². The fourth-order valence-corrected chi connectivity index (χ4v) is 4.98. The first-order chi connectivity index (χ1) is 16.0. The molecule has 0 spiro atoms. The van der Waals surface area contributed by atoms with Gasteiger partial charge in [0, 0.05) is 37.1 Å². The summed E-state index contributed by atoms with van der Waals surface area (Å²) < 4.78 is 37.5. The van der Waals surface area contributed by atoms with Crippen LogP contribution < -0.4 is 15.4 Å². The minimum Gasteiger partial charge on any atom is -0.495 e. The highest BCUT2D eigenvalue weighted by Crippen LogP contribution is 2.30. The van der Waals surface area contributed by atoms with Gasteiger partial charge in [-0.1, -0.05) is 0 Å². The van der Waals surface area contributed by atoms with Gasteiger partial charge in [0.25, 0.3) is 0 Å². The van der Waals surface area contributed by atoms with Gasteiger partial charge in [0.05, 0.1) is 12.8 Å². The molecule has 0 aliphatic carbocycles. The van der Waals surface area contributed by atoms with Crippen molar-refractivity contribution < 1.29 is 27.5 Å². The molecule has 1 aliphatic rings. The monoisotopic (exact) mass is 490 g/mol. The fraction of sp³-hybridized carbons (Fsp3) is 0.435. The largest absolute Gasteiger partial charge is 0.495 e. The van der Waals surface area contributed by atoms with Gasteiger partial charge in [-0.15, -0.1) is 0 Å². The molecule has 11 heteroatoms. The van der Waals surface area contributed by atoms with Crippen LogP contribution in [0, 0.1) is 5.92 Å². The van der Waals surface area contributed by atoms with E-state index < -0.39 is 21.7 Å². The molecule has 1 aromatic heterocycles. The normalized spacial score (nSPS) is 15.4. The van der Waals surface area contributed by atoms with Crippen molar-refractivity contribution >= 4 is 33.4 Å². The summed E-state index contributed by atoms with van der Waals surface area (Å²) in [5.74, 6) is -0.144. The molecule has 2 amide bonds. The minimum absolute atomic E-state index is 0.140. The lowest BCUT2D eigenvalue weighted by Gasteiger charge is -2.30. The number of ether oxygens (including phenoxy) is 2. The molecule has 1 saturated heterocycles. The van der Waals surface area contributed by atoms with E-state index in [1.807, 2.05) is 0 Å². The average molecular weight is 491 g/mol. The molecule has 3 rings (SSSR count). The van der Waals surface area contributed by atoms with Crippen molar-refractivity contribution in [2.24, 2.45) is 5.92 Å². The Morgan fingerprint density at radius 1 is 1.12 bits per heavy atom. The lowest BCUT2D eigenvalue weighted by atomic mass is 9.97. The number of benzene rings is 1. The van der Waals surface area contributed by atoms with Gasteiger partial charge in [-0.05, 0) is 63.9 Å². The van der Waals surface area contributed by atoms with E-state index in [1.165, 1.54) is 29.9 Å². The van der Waals surface area contributed by atoms with Crippen LogP contribution in [0.3, 0.4) is 0 Å². The second kappa shape index (κ2) is 10.4. The smallest absolute Gasteiger partial charge is 0.412 e. The highest BCUT2D eigenvalue weighted by atomic mass is 32.2. The number of aromatic nitrogens is 1. The topological polar surface area (TPSA) is 127 Å². The van der Waals surface area contributed by atoms with Crippen LogP contribution in [-0.2, 0) is 19.6 Å². The Bertz CT molecular complexity index is 1120. The summed E-state index contributed by atoms with van der Waals surface area (Å²) >= 11 is 0. The lowest BCUT2D eigenvalue weighted by molar-refractivity contribution is -0.120. The predicted molar refractivity (Wildman–Crippen MR) is 127 cm³/mol. The van der Waals surface area contributed by atoms with Crippen LogP contribution in [0.15, 0.2) is 47.6 Å². The molecule has 34 heavy (non-hydrogen) atoms. The van der Waals surface area contributed by atoms with Crippen molar-refractivity contribution in [1.29, 1.82) is 0 Å². The summed E-state index contributed by atoms with van der Waals surface area (Å²) in [7, 11) is -2.16. The van der Waals surface area contributed by atoms with Crippen molar-refractivity contribution in [1.82, 2.24) is 9.29 Å². The number of sulfonamides is 1. The molecule has 10 nitrogen and oxygen atoms in total. The third-order valence-corrected chi connectivity index (χ3v) is 7.08. The molecule has 2 N–H and O–H groups in total. The standard InChI is InChI=1S/C23H30N4O6S/c1-23(2,3)33-22(29)26-19-14-17(7-8-20(19)32-4)25-21(28)16-9-12-27(13-10-16)34(30,31)18-6-5-11-24-15-18/h5-8,11,14-16H,9-10,12-13H2,1-4H3,(H,25,28)(H,26,29). The van der Waals surface area contributed by atoms with Crippen LogP contribution in [-0.4, -0.2) is 55.5 Å². The van der Waals surface area contributed by atoms with E-state index in [-0.39, 0.29) is 29.8 Å². The molecule has 0 atom stereocenters. The molecular weight excluding hydrogens is 460 g/mol. The number of rotatable bonds is 6. The Kier molecular flexibility index (Phi) is 7.78. The third-order valence-electron chi connectivity index (χ3n) is 5.20. The number of carbonyl (C=O) groups excluding carboxylic acids is 2. The second-order valence-corrected chi connectivity index (χ2v) is 10.8. The molecule has 2 aromatic rings. The highest BCUT2D eigenvalue weighted by Gasteiger charge is 2.32. The number of hydrogen-bond donors (Lipinski definition) is 2.